The number of nitrogens with zero attached hydrogens (tertiary/aromatic N) is 2. The van der Waals surface area contributed by atoms with Gasteiger partial charge in [0.1, 0.15) is 11.9 Å². The quantitative estimate of drug-likeness (QED) is 0.764. The highest BCUT2D eigenvalue weighted by atomic mass is 35.5. The van der Waals surface area contributed by atoms with Crippen LogP contribution in [0.5, 0.6) is 0 Å². The van der Waals surface area contributed by atoms with Crippen molar-refractivity contribution in [3.8, 4) is 0 Å². The maximum atomic E-state index is 13.2. The van der Waals surface area contributed by atoms with Crippen LogP contribution in [-0.2, 0) is 9.53 Å². The first kappa shape index (κ1) is 19.6. The van der Waals surface area contributed by atoms with Crippen molar-refractivity contribution < 1.29 is 18.7 Å². The molecule has 7 heteroatoms. The van der Waals surface area contributed by atoms with Crippen molar-refractivity contribution in [2.45, 2.75) is 63.2 Å². The molecule has 0 radical (unpaired) electrons. The first-order chi connectivity index (χ1) is 13.5. The number of ether oxygens (including phenoxy) is 1. The SMILES string of the molecule is O=C(c1ccc(F)cc1Cl)N1CCC(OC2CCN(C3CCCC3)C2=O)CC1. The van der Waals surface area contributed by atoms with Crippen molar-refractivity contribution in [3.63, 3.8) is 0 Å². The van der Waals surface area contributed by atoms with Gasteiger partial charge in [-0.3, -0.25) is 9.59 Å². The van der Waals surface area contributed by atoms with Gasteiger partial charge in [-0.15, -0.1) is 0 Å². The number of carbonyl (C=O) groups is 2. The molecule has 28 heavy (non-hydrogen) atoms. The predicted octanol–water partition coefficient (Wildman–Crippen LogP) is 3.64. The molecule has 152 valence electrons. The van der Waals surface area contributed by atoms with Crippen LogP contribution in [0.25, 0.3) is 0 Å². The van der Waals surface area contributed by atoms with Crippen LogP contribution in [0.1, 0.15) is 55.3 Å². The van der Waals surface area contributed by atoms with Gasteiger partial charge in [-0.25, -0.2) is 4.39 Å². The second-order valence-corrected chi connectivity index (χ2v) is 8.41. The molecule has 2 heterocycles. The van der Waals surface area contributed by atoms with Gasteiger partial charge in [-0.2, -0.15) is 0 Å². The lowest BCUT2D eigenvalue weighted by Gasteiger charge is -2.33. The first-order valence-corrected chi connectivity index (χ1v) is 10.6. The van der Waals surface area contributed by atoms with Gasteiger partial charge in [0.25, 0.3) is 11.8 Å². The van der Waals surface area contributed by atoms with E-state index in [9.17, 15) is 14.0 Å². The Kier molecular flexibility index (Phi) is 5.88. The molecular weight excluding hydrogens is 383 g/mol. The van der Waals surface area contributed by atoms with E-state index >= 15 is 0 Å². The van der Waals surface area contributed by atoms with Crippen LogP contribution < -0.4 is 0 Å². The molecule has 2 aliphatic heterocycles. The molecule has 1 aromatic carbocycles. The van der Waals surface area contributed by atoms with Gasteiger partial charge in [0.05, 0.1) is 16.7 Å². The summed E-state index contributed by atoms with van der Waals surface area (Å²) in [5.74, 6) is -0.502. The Morgan fingerprint density at radius 2 is 1.79 bits per heavy atom. The van der Waals surface area contributed by atoms with Crippen LogP contribution in [0.3, 0.4) is 0 Å². The van der Waals surface area contributed by atoms with E-state index in [0.717, 1.165) is 31.9 Å². The Morgan fingerprint density at radius 3 is 2.46 bits per heavy atom. The van der Waals surface area contributed by atoms with Crippen LogP contribution in [-0.4, -0.2) is 59.5 Å². The summed E-state index contributed by atoms with van der Waals surface area (Å²) < 4.78 is 19.3. The molecule has 2 saturated heterocycles. The zero-order valence-corrected chi connectivity index (χ0v) is 16.7. The molecular formula is C21H26ClFN2O3. The van der Waals surface area contributed by atoms with Crippen molar-refractivity contribution in [1.29, 1.82) is 0 Å². The Balaban J connectivity index is 1.28. The summed E-state index contributed by atoms with van der Waals surface area (Å²) in [6.07, 6.45) is 6.46. The number of piperidine rings is 1. The number of amides is 2. The third-order valence-corrected chi connectivity index (χ3v) is 6.52. The average Bonchev–Trinajstić information content (AvgIpc) is 3.32. The lowest BCUT2D eigenvalue weighted by atomic mass is 10.1. The Bertz CT molecular complexity index is 745. The number of benzene rings is 1. The van der Waals surface area contributed by atoms with Crippen LogP contribution in [0, 0.1) is 5.82 Å². The monoisotopic (exact) mass is 408 g/mol. The Labute approximate surface area is 169 Å². The molecule has 5 nitrogen and oxygen atoms in total. The number of hydrogen-bond donors (Lipinski definition) is 0. The summed E-state index contributed by atoms with van der Waals surface area (Å²) in [5, 5.41) is 0.131. The highest BCUT2D eigenvalue weighted by Crippen LogP contribution is 2.30. The van der Waals surface area contributed by atoms with E-state index in [1.165, 1.54) is 25.0 Å². The summed E-state index contributed by atoms with van der Waals surface area (Å²) in [7, 11) is 0. The summed E-state index contributed by atoms with van der Waals surface area (Å²) in [4.78, 5) is 29.1. The van der Waals surface area contributed by atoms with Crippen molar-refractivity contribution in [1.82, 2.24) is 9.80 Å². The molecule has 1 atom stereocenters. The third kappa shape index (κ3) is 4.03. The number of halogens is 2. The molecule has 1 aliphatic carbocycles. The fraction of sp³-hybridized carbons (Fsp3) is 0.619. The Morgan fingerprint density at radius 1 is 1.07 bits per heavy atom. The molecule has 0 bridgehead atoms. The van der Waals surface area contributed by atoms with Crippen LogP contribution in [0.15, 0.2) is 18.2 Å². The molecule has 0 spiro atoms. The first-order valence-electron chi connectivity index (χ1n) is 10.2. The molecule has 2 amide bonds. The zero-order chi connectivity index (χ0) is 19.7. The fourth-order valence-corrected chi connectivity index (χ4v) is 4.89. The van der Waals surface area contributed by atoms with Crippen LogP contribution in [0.2, 0.25) is 5.02 Å². The molecule has 4 rings (SSSR count). The highest BCUT2D eigenvalue weighted by Gasteiger charge is 2.39. The largest absolute Gasteiger partial charge is 0.365 e. The van der Waals surface area contributed by atoms with Crippen LogP contribution >= 0.6 is 11.6 Å². The van der Waals surface area contributed by atoms with Gasteiger partial charge in [0.15, 0.2) is 0 Å². The molecule has 0 aromatic heterocycles. The minimum atomic E-state index is -0.457. The average molecular weight is 409 g/mol. The molecule has 0 N–H and O–H groups in total. The van der Waals surface area contributed by atoms with Crippen molar-refractivity contribution >= 4 is 23.4 Å². The lowest BCUT2D eigenvalue weighted by molar-refractivity contribution is -0.143. The zero-order valence-electron chi connectivity index (χ0n) is 15.9. The van der Waals surface area contributed by atoms with E-state index in [4.69, 9.17) is 16.3 Å². The summed E-state index contributed by atoms with van der Waals surface area (Å²) >= 11 is 6.01. The third-order valence-electron chi connectivity index (χ3n) is 6.20. The van der Waals surface area contributed by atoms with Gasteiger partial charge < -0.3 is 14.5 Å². The fourth-order valence-electron chi connectivity index (χ4n) is 4.64. The smallest absolute Gasteiger partial charge is 0.255 e. The molecule has 3 fully saturated rings. The van der Waals surface area contributed by atoms with Gasteiger partial charge in [-0.05, 0) is 43.9 Å². The van der Waals surface area contributed by atoms with Crippen LogP contribution in [0.4, 0.5) is 4.39 Å². The van der Waals surface area contributed by atoms with Crippen molar-refractivity contribution in [2.75, 3.05) is 19.6 Å². The maximum absolute atomic E-state index is 13.2. The second-order valence-electron chi connectivity index (χ2n) is 8.00. The van der Waals surface area contributed by atoms with E-state index in [-0.39, 0.29) is 29.0 Å². The summed E-state index contributed by atoms with van der Waals surface area (Å²) in [5.41, 5.74) is 0.320. The molecule has 1 saturated carbocycles. The van der Waals surface area contributed by atoms with E-state index < -0.39 is 5.82 Å². The van der Waals surface area contributed by atoms with E-state index in [1.807, 2.05) is 4.90 Å². The van der Waals surface area contributed by atoms with Gasteiger partial charge in [0.2, 0.25) is 0 Å². The summed E-state index contributed by atoms with van der Waals surface area (Å²) in [6.45, 7) is 1.89. The van der Waals surface area contributed by atoms with Gasteiger partial charge in [0, 0.05) is 32.1 Å². The topological polar surface area (TPSA) is 49.9 Å². The predicted molar refractivity (Wildman–Crippen MR) is 104 cm³/mol. The van der Waals surface area contributed by atoms with Crippen molar-refractivity contribution in [2.24, 2.45) is 0 Å². The number of likely N-dealkylation sites (tertiary alicyclic amines) is 2. The van der Waals surface area contributed by atoms with E-state index in [0.29, 0.717) is 37.5 Å². The molecule has 1 aromatic rings. The highest BCUT2D eigenvalue weighted by molar-refractivity contribution is 6.33. The minimum Gasteiger partial charge on any atom is -0.365 e. The molecule has 3 aliphatic rings. The normalized spacial score (nSPS) is 24.4. The number of carbonyl (C=O) groups excluding carboxylic acids is 2. The Hall–Kier alpha value is -1.66. The maximum Gasteiger partial charge on any atom is 0.255 e. The van der Waals surface area contributed by atoms with E-state index in [2.05, 4.69) is 0 Å². The van der Waals surface area contributed by atoms with Crippen molar-refractivity contribution in [3.05, 3.63) is 34.6 Å². The van der Waals surface area contributed by atoms with E-state index in [1.54, 1.807) is 4.90 Å². The minimum absolute atomic E-state index is 0.00906. The molecule has 1 unspecified atom stereocenters. The second kappa shape index (κ2) is 8.37. The standard InChI is InChI=1S/C21H26ClFN2O3/c22-18-13-14(23)5-6-17(18)20(26)24-10-7-16(8-11-24)28-19-9-12-25(21(19)27)15-3-1-2-4-15/h5-6,13,15-16,19H,1-4,7-12H2. The summed E-state index contributed by atoms with van der Waals surface area (Å²) in [6, 6.07) is 4.24. The number of hydrogen-bond acceptors (Lipinski definition) is 3. The van der Waals surface area contributed by atoms with Gasteiger partial charge in [-0.1, -0.05) is 24.4 Å². The number of rotatable bonds is 4. The van der Waals surface area contributed by atoms with Gasteiger partial charge >= 0.3 is 0 Å². The lowest BCUT2D eigenvalue weighted by Crippen LogP contribution is -2.43.